The van der Waals surface area contributed by atoms with E-state index in [0.717, 1.165) is 13.0 Å². The molecular weight excluding hydrogens is 248 g/mol. The largest absolute Gasteiger partial charge is 0.455 e. The summed E-state index contributed by atoms with van der Waals surface area (Å²) >= 11 is 0. The first-order chi connectivity index (χ1) is 8.94. The van der Waals surface area contributed by atoms with Gasteiger partial charge < -0.3 is 10.2 Å². The highest BCUT2D eigenvalue weighted by Gasteiger charge is 2.38. The second kappa shape index (κ2) is 5.02. The highest BCUT2D eigenvalue weighted by molar-refractivity contribution is 5.90. The van der Waals surface area contributed by atoms with Crippen molar-refractivity contribution in [3.63, 3.8) is 0 Å². The summed E-state index contributed by atoms with van der Waals surface area (Å²) in [4.78, 5) is 24.7. The van der Waals surface area contributed by atoms with Crippen LogP contribution in [0.3, 0.4) is 0 Å². The third-order valence-electron chi connectivity index (χ3n) is 3.54. The lowest BCUT2D eigenvalue weighted by molar-refractivity contribution is -0.126. The Kier molecular flexibility index (Phi) is 3.59. The number of hydrogen-bond donors (Lipinski definition) is 3. The van der Waals surface area contributed by atoms with Gasteiger partial charge in [-0.1, -0.05) is 0 Å². The van der Waals surface area contributed by atoms with Crippen LogP contribution in [-0.4, -0.2) is 29.8 Å². The molecule has 2 rings (SSSR count). The number of nitrogens with zero attached hydrogens (tertiary/aromatic N) is 1. The van der Waals surface area contributed by atoms with Crippen LogP contribution in [0, 0.1) is 5.41 Å². The molecule has 1 aromatic rings. The Hall–Kier alpha value is -1.86. The zero-order valence-electron chi connectivity index (χ0n) is 10.8. The molecule has 1 aliphatic heterocycles. The first-order valence-electron chi connectivity index (χ1n) is 6.06. The van der Waals surface area contributed by atoms with Gasteiger partial charge in [-0.2, -0.15) is 0 Å². The lowest BCUT2D eigenvalue weighted by atomic mass is 9.89. The van der Waals surface area contributed by atoms with Gasteiger partial charge in [-0.05, 0) is 32.0 Å². The fourth-order valence-corrected chi connectivity index (χ4v) is 2.27. The lowest BCUT2D eigenvalue weighted by Crippen LogP contribution is -2.36. The minimum Gasteiger partial charge on any atom is -0.455 e. The normalized spacial score (nSPS) is 23.5. The molecule has 2 amide bonds. The Bertz CT molecular complexity index is 499. The van der Waals surface area contributed by atoms with E-state index in [1.54, 1.807) is 12.1 Å². The monoisotopic (exact) mass is 266 g/mol. The molecule has 104 valence electrons. The maximum atomic E-state index is 11.4. The van der Waals surface area contributed by atoms with Crippen molar-refractivity contribution < 1.29 is 14.0 Å². The Morgan fingerprint density at radius 2 is 2.26 bits per heavy atom. The smallest absolute Gasteiger partial charge is 0.300 e. The second-order valence-electron chi connectivity index (χ2n) is 5.12. The van der Waals surface area contributed by atoms with E-state index in [-0.39, 0.29) is 11.7 Å². The van der Waals surface area contributed by atoms with Crippen molar-refractivity contribution in [2.45, 2.75) is 19.9 Å². The van der Waals surface area contributed by atoms with E-state index in [4.69, 9.17) is 16.0 Å². The molecule has 1 atom stereocenters. The van der Waals surface area contributed by atoms with E-state index in [1.807, 2.05) is 12.3 Å². The quantitative estimate of drug-likeness (QED) is 0.389. The maximum Gasteiger partial charge on any atom is 0.300 e. The SMILES string of the molecule is CC1(C(N)=O)CCN(Cc2ccc(C(=O)NN)o2)C1. The molecule has 1 saturated heterocycles. The molecule has 1 fully saturated rings. The maximum absolute atomic E-state index is 11.4. The highest BCUT2D eigenvalue weighted by Crippen LogP contribution is 2.30. The summed E-state index contributed by atoms with van der Waals surface area (Å²) in [6.45, 7) is 3.78. The number of nitrogens with two attached hydrogens (primary N) is 2. The van der Waals surface area contributed by atoms with Crippen molar-refractivity contribution in [3.8, 4) is 0 Å². The summed E-state index contributed by atoms with van der Waals surface area (Å²) < 4.78 is 5.38. The van der Waals surface area contributed by atoms with Gasteiger partial charge in [-0.3, -0.25) is 19.9 Å². The van der Waals surface area contributed by atoms with E-state index in [0.29, 0.717) is 18.8 Å². The minimum absolute atomic E-state index is 0.175. The summed E-state index contributed by atoms with van der Waals surface area (Å²) in [5.41, 5.74) is 6.92. The van der Waals surface area contributed by atoms with Gasteiger partial charge in [0.2, 0.25) is 5.91 Å². The van der Waals surface area contributed by atoms with Gasteiger partial charge in [0.25, 0.3) is 0 Å². The third-order valence-corrected chi connectivity index (χ3v) is 3.54. The number of carbonyl (C=O) groups excluding carboxylic acids is 2. The van der Waals surface area contributed by atoms with E-state index in [9.17, 15) is 9.59 Å². The summed E-state index contributed by atoms with van der Waals surface area (Å²) in [5, 5.41) is 0. The van der Waals surface area contributed by atoms with Crippen LogP contribution in [-0.2, 0) is 11.3 Å². The van der Waals surface area contributed by atoms with Crippen LogP contribution in [0.15, 0.2) is 16.5 Å². The van der Waals surface area contributed by atoms with Gasteiger partial charge in [-0.25, -0.2) is 5.84 Å². The van der Waals surface area contributed by atoms with E-state index in [2.05, 4.69) is 4.90 Å². The molecule has 0 aliphatic carbocycles. The van der Waals surface area contributed by atoms with Crippen molar-refractivity contribution in [3.05, 3.63) is 23.7 Å². The summed E-state index contributed by atoms with van der Waals surface area (Å²) in [6.07, 6.45) is 0.735. The number of furan rings is 1. The average Bonchev–Trinajstić information content (AvgIpc) is 2.97. The topological polar surface area (TPSA) is 115 Å². The first kappa shape index (κ1) is 13.6. The Morgan fingerprint density at radius 3 is 2.84 bits per heavy atom. The van der Waals surface area contributed by atoms with Gasteiger partial charge >= 0.3 is 5.91 Å². The average molecular weight is 266 g/mol. The van der Waals surface area contributed by atoms with Crippen molar-refractivity contribution in [2.24, 2.45) is 17.0 Å². The molecule has 0 saturated carbocycles. The van der Waals surface area contributed by atoms with E-state index < -0.39 is 11.3 Å². The number of hydrogen-bond acceptors (Lipinski definition) is 5. The van der Waals surface area contributed by atoms with Crippen LogP contribution in [0.1, 0.15) is 29.7 Å². The fraction of sp³-hybridized carbons (Fsp3) is 0.500. The number of nitrogens with one attached hydrogen (secondary N) is 1. The van der Waals surface area contributed by atoms with E-state index >= 15 is 0 Å². The molecule has 1 aromatic heterocycles. The molecule has 0 aromatic carbocycles. The Balaban J connectivity index is 1.98. The molecular formula is C12H18N4O3. The molecule has 0 bridgehead atoms. The predicted octanol–water partition coefficient (Wildman–Crippen LogP) is -0.420. The van der Waals surface area contributed by atoms with Crippen LogP contribution in [0.2, 0.25) is 0 Å². The number of likely N-dealkylation sites (tertiary alicyclic amines) is 1. The fourth-order valence-electron chi connectivity index (χ4n) is 2.27. The van der Waals surface area contributed by atoms with Crippen LogP contribution < -0.4 is 17.0 Å². The number of carbonyl (C=O) groups is 2. The zero-order chi connectivity index (χ0) is 14.0. The summed E-state index contributed by atoms with van der Waals surface area (Å²) in [6, 6.07) is 3.30. The third kappa shape index (κ3) is 2.77. The molecule has 7 nitrogen and oxygen atoms in total. The zero-order valence-corrected chi connectivity index (χ0v) is 10.8. The van der Waals surface area contributed by atoms with Gasteiger partial charge in [0, 0.05) is 6.54 Å². The van der Waals surface area contributed by atoms with Crippen molar-refractivity contribution in [1.82, 2.24) is 10.3 Å². The molecule has 7 heteroatoms. The standard InChI is InChI=1S/C12H18N4O3/c1-12(11(13)18)4-5-16(7-12)6-8-2-3-9(19-8)10(17)15-14/h2-3H,4-7,14H2,1H3,(H2,13,18)(H,15,17). The molecule has 2 heterocycles. The molecule has 0 spiro atoms. The minimum atomic E-state index is -0.482. The van der Waals surface area contributed by atoms with Crippen molar-refractivity contribution in [2.75, 3.05) is 13.1 Å². The van der Waals surface area contributed by atoms with Crippen LogP contribution in [0.4, 0.5) is 0 Å². The highest BCUT2D eigenvalue weighted by atomic mass is 16.4. The molecule has 0 radical (unpaired) electrons. The van der Waals surface area contributed by atoms with Crippen molar-refractivity contribution in [1.29, 1.82) is 0 Å². The predicted molar refractivity (Wildman–Crippen MR) is 67.6 cm³/mol. The Morgan fingerprint density at radius 1 is 1.53 bits per heavy atom. The summed E-state index contributed by atoms with van der Waals surface area (Å²) in [5.74, 6) is 5.12. The molecule has 1 unspecified atom stereocenters. The van der Waals surface area contributed by atoms with Crippen LogP contribution in [0.25, 0.3) is 0 Å². The number of hydrazine groups is 1. The molecule has 1 aliphatic rings. The van der Waals surface area contributed by atoms with E-state index in [1.165, 1.54) is 0 Å². The number of amides is 2. The van der Waals surface area contributed by atoms with Crippen LogP contribution in [0.5, 0.6) is 0 Å². The molecule has 19 heavy (non-hydrogen) atoms. The second-order valence-corrected chi connectivity index (χ2v) is 5.12. The van der Waals surface area contributed by atoms with Gasteiger partial charge in [0.15, 0.2) is 5.76 Å². The lowest BCUT2D eigenvalue weighted by Gasteiger charge is -2.20. The Labute approximate surface area is 110 Å². The number of rotatable bonds is 4. The van der Waals surface area contributed by atoms with Gasteiger partial charge in [0.1, 0.15) is 5.76 Å². The number of primary amides is 1. The summed E-state index contributed by atoms with van der Waals surface area (Å²) in [7, 11) is 0. The first-order valence-corrected chi connectivity index (χ1v) is 6.06. The number of nitrogen functional groups attached to an aromatic ring is 1. The van der Waals surface area contributed by atoms with Gasteiger partial charge in [-0.15, -0.1) is 0 Å². The van der Waals surface area contributed by atoms with Crippen molar-refractivity contribution >= 4 is 11.8 Å². The molecule has 5 N–H and O–H groups in total. The van der Waals surface area contributed by atoms with Crippen LogP contribution >= 0.6 is 0 Å². The van der Waals surface area contributed by atoms with Gasteiger partial charge in [0.05, 0.1) is 12.0 Å².